The molecule has 1 aromatic carbocycles. The van der Waals surface area contributed by atoms with Crippen LogP contribution in [0, 0.1) is 0 Å². The van der Waals surface area contributed by atoms with Crippen molar-refractivity contribution in [3.8, 4) is 0 Å². The first-order valence-electron chi connectivity index (χ1n) is 5.01. The molecular weight excluding hydrogens is 204 g/mol. The van der Waals surface area contributed by atoms with Gasteiger partial charge in [-0.3, -0.25) is 5.01 Å². The molecule has 0 saturated carbocycles. The fourth-order valence-corrected chi connectivity index (χ4v) is 1.34. The number of rotatable bonds is 4. The zero-order valence-electron chi connectivity index (χ0n) is 9.33. The summed E-state index contributed by atoms with van der Waals surface area (Å²) in [6.07, 6.45) is 0. The van der Waals surface area contributed by atoms with Gasteiger partial charge >= 0.3 is 0 Å². The van der Waals surface area contributed by atoms with E-state index in [2.05, 4.69) is 33.0 Å². The Labute approximate surface area is 93.8 Å². The van der Waals surface area contributed by atoms with Crippen molar-refractivity contribution in [3.63, 3.8) is 0 Å². The Hall–Kier alpha value is -2.11. The average molecular weight is 218 g/mol. The van der Waals surface area contributed by atoms with Gasteiger partial charge in [0.2, 0.25) is 0 Å². The van der Waals surface area contributed by atoms with Gasteiger partial charge in [-0.05, 0) is 16.0 Å². The molecule has 2 rings (SSSR count). The molecule has 0 saturated heterocycles. The Balaban J connectivity index is 2.02. The monoisotopic (exact) mass is 218 g/mol. The minimum absolute atomic E-state index is 0.633. The predicted molar refractivity (Wildman–Crippen MR) is 61.7 cm³/mol. The first kappa shape index (κ1) is 10.4. The Morgan fingerprint density at radius 3 is 2.69 bits per heavy atom. The second-order valence-electron chi connectivity index (χ2n) is 3.58. The molecule has 1 N–H and O–H groups in total. The summed E-state index contributed by atoms with van der Waals surface area (Å²) in [6.45, 7) is 0.703. The summed E-state index contributed by atoms with van der Waals surface area (Å²) >= 11 is 0. The summed E-state index contributed by atoms with van der Waals surface area (Å²) in [5.41, 5.74) is 1.19. The largest absolute Gasteiger partial charge is 0.348 e. The summed E-state index contributed by atoms with van der Waals surface area (Å²) in [7, 11) is 3.76. The van der Waals surface area contributed by atoms with Crippen LogP contribution in [0.4, 0.5) is 5.95 Å². The molecule has 0 amide bonds. The number of nitrogens with zero attached hydrogens (tertiary/aromatic N) is 5. The van der Waals surface area contributed by atoms with Crippen LogP contribution in [0.5, 0.6) is 0 Å². The van der Waals surface area contributed by atoms with Crippen LogP contribution >= 0.6 is 0 Å². The third-order valence-electron chi connectivity index (χ3n) is 2.13. The van der Waals surface area contributed by atoms with Crippen molar-refractivity contribution in [2.75, 3.05) is 24.4 Å². The van der Waals surface area contributed by atoms with Crippen LogP contribution in [-0.2, 0) is 6.54 Å². The third-order valence-corrected chi connectivity index (χ3v) is 2.13. The van der Waals surface area contributed by atoms with E-state index in [1.165, 1.54) is 5.56 Å². The highest BCUT2D eigenvalue weighted by Gasteiger charge is 2.05. The van der Waals surface area contributed by atoms with Crippen LogP contribution in [-0.4, -0.2) is 34.4 Å². The number of hydrogen-bond acceptors (Lipinski definition) is 5. The number of nitrogens with one attached hydrogen (secondary N) is 1. The Bertz CT molecular complexity index is 436. The molecule has 0 atom stereocenters. The Kier molecular flexibility index (Phi) is 3.00. The van der Waals surface area contributed by atoms with Crippen LogP contribution in [0.15, 0.2) is 30.3 Å². The van der Waals surface area contributed by atoms with Crippen molar-refractivity contribution in [3.05, 3.63) is 35.9 Å². The fraction of sp³-hybridized carbons (Fsp3) is 0.300. The van der Waals surface area contributed by atoms with Gasteiger partial charge < -0.3 is 5.32 Å². The van der Waals surface area contributed by atoms with Crippen molar-refractivity contribution in [1.29, 1.82) is 0 Å². The average Bonchev–Trinajstić information content (AvgIpc) is 2.76. The van der Waals surface area contributed by atoms with Gasteiger partial charge in [0.1, 0.15) is 0 Å². The molecule has 1 heterocycles. The van der Waals surface area contributed by atoms with Crippen molar-refractivity contribution in [2.45, 2.75) is 6.54 Å². The SMILES string of the molecule is CN(C)n1nnnc1NCc1ccccc1. The van der Waals surface area contributed by atoms with Gasteiger partial charge in [0, 0.05) is 20.6 Å². The van der Waals surface area contributed by atoms with Gasteiger partial charge in [-0.1, -0.05) is 35.4 Å². The molecule has 2 aromatic rings. The van der Waals surface area contributed by atoms with Gasteiger partial charge in [-0.15, -0.1) is 4.79 Å². The van der Waals surface area contributed by atoms with Gasteiger partial charge in [0.15, 0.2) is 0 Å². The summed E-state index contributed by atoms with van der Waals surface area (Å²) in [4.78, 5) is 1.60. The molecule has 6 heteroatoms. The number of tetrazole rings is 1. The number of anilines is 1. The van der Waals surface area contributed by atoms with E-state index >= 15 is 0 Å². The van der Waals surface area contributed by atoms with Crippen LogP contribution in [0.1, 0.15) is 5.56 Å². The summed E-state index contributed by atoms with van der Waals surface area (Å²) in [5.74, 6) is 0.633. The Morgan fingerprint density at radius 1 is 1.25 bits per heavy atom. The number of hydrogen-bond donors (Lipinski definition) is 1. The maximum atomic E-state index is 3.90. The lowest BCUT2D eigenvalue weighted by atomic mass is 10.2. The van der Waals surface area contributed by atoms with E-state index in [-0.39, 0.29) is 0 Å². The van der Waals surface area contributed by atoms with E-state index in [4.69, 9.17) is 0 Å². The van der Waals surface area contributed by atoms with Crippen LogP contribution in [0.25, 0.3) is 0 Å². The fourth-order valence-electron chi connectivity index (χ4n) is 1.34. The van der Waals surface area contributed by atoms with E-state index in [1.807, 2.05) is 32.3 Å². The molecule has 0 spiro atoms. The van der Waals surface area contributed by atoms with Crippen molar-refractivity contribution < 1.29 is 0 Å². The van der Waals surface area contributed by atoms with Crippen molar-refractivity contribution >= 4 is 5.95 Å². The number of aromatic nitrogens is 4. The zero-order valence-corrected chi connectivity index (χ0v) is 9.33. The lowest BCUT2D eigenvalue weighted by Crippen LogP contribution is -2.28. The smallest absolute Gasteiger partial charge is 0.263 e. The maximum absolute atomic E-state index is 3.90. The molecule has 16 heavy (non-hydrogen) atoms. The molecule has 0 aliphatic rings. The van der Waals surface area contributed by atoms with Crippen LogP contribution in [0.2, 0.25) is 0 Å². The molecule has 0 fully saturated rings. The first-order valence-corrected chi connectivity index (χ1v) is 5.01. The molecule has 0 aliphatic carbocycles. The van der Waals surface area contributed by atoms with Crippen molar-refractivity contribution in [2.24, 2.45) is 0 Å². The van der Waals surface area contributed by atoms with Gasteiger partial charge in [-0.25, -0.2) is 0 Å². The molecular formula is C10H14N6. The molecule has 84 valence electrons. The summed E-state index contributed by atoms with van der Waals surface area (Å²) in [6, 6.07) is 10.1. The topological polar surface area (TPSA) is 58.9 Å². The highest BCUT2D eigenvalue weighted by molar-refractivity contribution is 5.26. The van der Waals surface area contributed by atoms with E-state index in [0.29, 0.717) is 12.5 Å². The zero-order chi connectivity index (χ0) is 11.4. The second kappa shape index (κ2) is 4.61. The predicted octanol–water partition coefficient (Wildman–Crippen LogP) is 0.483. The normalized spacial score (nSPS) is 10.1. The van der Waals surface area contributed by atoms with Gasteiger partial charge in [0.25, 0.3) is 5.95 Å². The van der Waals surface area contributed by atoms with Crippen LogP contribution < -0.4 is 10.3 Å². The van der Waals surface area contributed by atoms with E-state index in [9.17, 15) is 0 Å². The molecule has 6 nitrogen and oxygen atoms in total. The van der Waals surface area contributed by atoms with Crippen LogP contribution in [0.3, 0.4) is 0 Å². The molecule has 1 aromatic heterocycles. The summed E-state index contributed by atoms with van der Waals surface area (Å²) < 4.78 is 0. The van der Waals surface area contributed by atoms with E-state index in [0.717, 1.165) is 0 Å². The van der Waals surface area contributed by atoms with E-state index < -0.39 is 0 Å². The lowest BCUT2D eigenvalue weighted by molar-refractivity contribution is 0.612. The summed E-state index contributed by atoms with van der Waals surface area (Å²) in [5, 5.41) is 16.3. The minimum atomic E-state index is 0.633. The third kappa shape index (κ3) is 2.28. The standard InChI is InChI=1S/C10H14N6/c1-15(2)16-10(12-13-14-16)11-8-9-6-4-3-5-7-9/h3-7H,8H2,1-2H3,(H,11,12,14). The van der Waals surface area contributed by atoms with Gasteiger partial charge in [0.05, 0.1) is 0 Å². The lowest BCUT2D eigenvalue weighted by Gasteiger charge is -2.13. The number of benzene rings is 1. The second-order valence-corrected chi connectivity index (χ2v) is 3.58. The Morgan fingerprint density at radius 2 is 2.00 bits per heavy atom. The minimum Gasteiger partial charge on any atom is -0.348 e. The molecule has 0 bridgehead atoms. The highest BCUT2D eigenvalue weighted by atomic mass is 15.8. The van der Waals surface area contributed by atoms with Crippen molar-refractivity contribution in [1.82, 2.24) is 20.3 Å². The molecule has 0 aliphatic heterocycles. The van der Waals surface area contributed by atoms with Gasteiger partial charge in [-0.2, -0.15) is 0 Å². The maximum Gasteiger partial charge on any atom is 0.263 e. The first-order chi connectivity index (χ1) is 7.77. The molecule has 0 radical (unpaired) electrons. The highest BCUT2D eigenvalue weighted by Crippen LogP contribution is 2.03. The molecule has 0 unspecified atom stereocenters. The van der Waals surface area contributed by atoms with E-state index in [1.54, 1.807) is 9.80 Å². The quantitative estimate of drug-likeness (QED) is 0.809.